The van der Waals surface area contributed by atoms with Gasteiger partial charge < -0.3 is 9.88 Å². The SMILES string of the molecule is CCCn1ccnc1NCc1cccc(C)n1. The van der Waals surface area contributed by atoms with Crippen LogP contribution in [0.5, 0.6) is 0 Å². The van der Waals surface area contributed by atoms with Crippen LogP contribution in [0, 0.1) is 6.92 Å². The van der Waals surface area contributed by atoms with Crippen LogP contribution in [0.3, 0.4) is 0 Å². The highest BCUT2D eigenvalue weighted by molar-refractivity contribution is 5.27. The highest BCUT2D eigenvalue weighted by atomic mass is 15.2. The summed E-state index contributed by atoms with van der Waals surface area (Å²) in [7, 11) is 0. The Balaban J connectivity index is 1.99. The Labute approximate surface area is 102 Å². The van der Waals surface area contributed by atoms with E-state index in [1.165, 1.54) is 0 Å². The van der Waals surface area contributed by atoms with Crippen LogP contribution < -0.4 is 5.32 Å². The van der Waals surface area contributed by atoms with Crippen molar-refractivity contribution in [2.75, 3.05) is 5.32 Å². The first-order valence-corrected chi connectivity index (χ1v) is 5.97. The summed E-state index contributed by atoms with van der Waals surface area (Å²) in [6.07, 6.45) is 4.92. The molecule has 2 aromatic rings. The number of nitrogens with zero attached hydrogens (tertiary/aromatic N) is 3. The minimum Gasteiger partial charge on any atom is -0.350 e. The summed E-state index contributed by atoms with van der Waals surface area (Å²) >= 11 is 0. The van der Waals surface area contributed by atoms with Crippen LogP contribution in [0.25, 0.3) is 0 Å². The van der Waals surface area contributed by atoms with Gasteiger partial charge in [-0.2, -0.15) is 0 Å². The first-order valence-electron chi connectivity index (χ1n) is 5.97. The monoisotopic (exact) mass is 230 g/mol. The molecule has 0 bridgehead atoms. The number of aryl methyl sites for hydroxylation is 2. The standard InChI is InChI=1S/C13H18N4/c1-3-8-17-9-7-14-13(17)15-10-12-6-4-5-11(2)16-12/h4-7,9H,3,8,10H2,1-2H3,(H,14,15). The number of aromatic nitrogens is 3. The molecule has 17 heavy (non-hydrogen) atoms. The normalized spacial score (nSPS) is 10.5. The lowest BCUT2D eigenvalue weighted by Gasteiger charge is -2.08. The second-order valence-corrected chi connectivity index (χ2v) is 4.07. The van der Waals surface area contributed by atoms with E-state index in [0.29, 0.717) is 6.54 Å². The Bertz CT molecular complexity index is 476. The molecule has 0 saturated carbocycles. The maximum absolute atomic E-state index is 4.45. The van der Waals surface area contributed by atoms with Crippen LogP contribution in [-0.2, 0) is 13.1 Å². The number of imidazole rings is 1. The molecule has 0 saturated heterocycles. The molecule has 0 aliphatic heterocycles. The molecular weight excluding hydrogens is 212 g/mol. The van der Waals surface area contributed by atoms with Gasteiger partial charge in [0.15, 0.2) is 0 Å². The van der Waals surface area contributed by atoms with Crippen molar-refractivity contribution in [3.63, 3.8) is 0 Å². The van der Waals surface area contributed by atoms with Crippen LogP contribution >= 0.6 is 0 Å². The maximum Gasteiger partial charge on any atom is 0.203 e. The summed E-state index contributed by atoms with van der Waals surface area (Å²) in [5.41, 5.74) is 2.08. The third kappa shape index (κ3) is 3.06. The van der Waals surface area contributed by atoms with E-state index in [1.807, 2.05) is 37.5 Å². The first kappa shape index (κ1) is 11.6. The second kappa shape index (κ2) is 5.48. The van der Waals surface area contributed by atoms with Gasteiger partial charge in [-0.05, 0) is 25.5 Å². The minimum atomic E-state index is 0.711. The zero-order chi connectivity index (χ0) is 12.1. The van der Waals surface area contributed by atoms with Gasteiger partial charge in [0.2, 0.25) is 5.95 Å². The largest absolute Gasteiger partial charge is 0.350 e. The van der Waals surface area contributed by atoms with E-state index in [2.05, 4.69) is 26.8 Å². The Hall–Kier alpha value is -1.84. The molecule has 90 valence electrons. The van der Waals surface area contributed by atoms with Crippen molar-refractivity contribution in [1.82, 2.24) is 14.5 Å². The molecule has 0 unspecified atom stereocenters. The molecule has 2 rings (SSSR count). The van der Waals surface area contributed by atoms with Crippen molar-refractivity contribution in [2.45, 2.75) is 33.4 Å². The third-order valence-corrected chi connectivity index (χ3v) is 2.55. The predicted octanol–water partition coefficient (Wildman–Crippen LogP) is 2.61. The summed E-state index contributed by atoms with van der Waals surface area (Å²) in [5, 5.41) is 3.31. The van der Waals surface area contributed by atoms with Gasteiger partial charge in [-0.1, -0.05) is 13.0 Å². The molecular formula is C13H18N4. The fourth-order valence-corrected chi connectivity index (χ4v) is 1.77. The van der Waals surface area contributed by atoms with E-state index in [9.17, 15) is 0 Å². The van der Waals surface area contributed by atoms with Gasteiger partial charge in [0.1, 0.15) is 0 Å². The van der Waals surface area contributed by atoms with Gasteiger partial charge >= 0.3 is 0 Å². The lowest BCUT2D eigenvalue weighted by atomic mass is 10.3. The molecule has 2 heterocycles. The highest BCUT2D eigenvalue weighted by Crippen LogP contribution is 2.07. The molecule has 2 aromatic heterocycles. The molecule has 0 radical (unpaired) electrons. The molecule has 0 spiro atoms. The molecule has 0 amide bonds. The lowest BCUT2D eigenvalue weighted by Crippen LogP contribution is -2.08. The predicted molar refractivity (Wildman–Crippen MR) is 68.8 cm³/mol. The third-order valence-electron chi connectivity index (χ3n) is 2.55. The second-order valence-electron chi connectivity index (χ2n) is 4.07. The van der Waals surface area contributed by atoms with Crippen molar-refractivity contribution in [3.8, 4) is 0 Å². The topological polar surface area (TPSA) is 42.7 Å². The minimum absolute atomic E-state index is 0.711. The summed E-state index contributed by atoms with van der Waals surface area (Å²) in [4.78, 5) is 8.75. The number of hydrogen-bond acceptors (Lipinski definition) is 3. The van der Waals surface area contributed by atoms with Crippen molar-refractivity contribution in [1.29, 1.82) is 0 Å². The number of rotatable bonds is 5. The smallest absolute Gasteiger partial charge is 0.203 e. The van der Waals surface area contributed by atoms with Gasteiger partial charge in [-0.25, -0.2) is 4.98 Å². The number of pyridine rings is 1. The fraction of sp³-hybridized carbons (Fsp3) is 0.385. The molecule has 4 nitrogen and oxygen atoms in total. The molecule has 0 aromatic carbocycles. The molecule has 1 N–H and O–H groups in total. The van der Waals surface area contributed by atoms with Gasteiger partial charge in [0.25, 0.3) is 0 Å². The Morgan fingerprint density at radius 2 is 2.24 bits per heavy atom. The Morgan fingerprint density at radius 3 is 3.00 bits per heavy atom. The number of hydrogen-bond donors (Lipinski definition) is 1. The average molecular weight is 230 g/mol. The molecule has 0 fully saturated rings. The average Bonchev–Trinajstić information content (AvgIpc) is 2.75. The zero-order valence-electron chi connectivity index (χ0n) is 10.3. The Kier molecular flexibility index (Phi) is 3.75. The quantitative estimate of drug-likeness (QED) is 0.858. The Morgan fingerprint density at radius 1 is 1.35 bits per heavy atom. The van der Waals surface area contributed by atoms with Gasteiger partial charge in [-0.3, -0.25) is 4.98 Å². The zero-order valence-corrected chi connectivity index (χ0v) is 10.3. The van der Waals surface area contributed by atoms with Crippen LogP contribution in [0.1, 0.15) is 24.7 Å². The van der Waals surface area contributed by atoms with Gasteiger partial charge in [-0.15, -0.1) is 0 Å². The van der Waals surface area contributed by atoms with E-state index in [4.69, 9.17) is 0 Å². The van der Waals surface area contributed by atoms with Crippen molar-refractivity contribution < 1.29 is 0 Å². The molecule has 0 aliphatic rings. The van der Waals surface area contributed by atoms with Gasteiger partial charge in [0.05, 0.1) is 12.2 Å². The van der Waals surface area contributed by atoms with Crippen LogP contribution in [-0.4, -0.2) is 14.5 Å². The fourth-order valence-electron chi connectivity index (χ4n) is 1.77. The van der Waals surface area contributed by atoms with Crippen LogP contribution in [0.15, 0.2) is 30.6 Å². The summed E-state index contributed by atoms with van der Waals surface area (Å²) < 4.78 is 2.12. The number of anilines is 1. The van der Waals surface area contributed by atoms with Crippen LogP contribution in [0.2, 0.25) is 0 Å². The van der Waals surface area contributed by atoms with E-state index >= 15 is 0 Å². The van der Waals surface area contributed by atoms with Gasteiger partial charge in [0, 0.05) is 24.6 Å². The number of nitrogens with one attached hydrogen (secondary N) is 1. The van der Waals surface area contributed by atoms with E-state index in [0.717, 1.165) is 30.3 Å². The highest BCUT2D eigenvalue weighted by Gasteiger charge is 2.01. The lowest BCUT2D eigenvalue weighted by molar-refractivity contribution is 0.681. The van der Waals surface area contributed by atoms with Crippen molar-refractivity contribution in [3.05, 3.63) is 42.0 Å². The summed E-state index contributed by atoms with van der Waals surface area (Å²) in [6, 6.07) is 6.05. The van der Waals surface area contributed by atoms with Crippen LogP contribution in [0.4, 0.5) is 5.95 Å². The summed E-state index contributed by atoms with van der Waals surface area (Å²) in [6.45, 7) is 5.86. The molecule has 0 aliphatic carbocycles. The van der Waals surface area contributed by atoms with E-state index < -0.39 is 0 Å². The first-order chi connectivity index (χ1) is 8.29. The molecule has 4 heteroatoms. The maximum atomic E-state index is 4.45. The van der Waals surface area contributed by atoms with Crippen molar-refractivity contribution >= 4 is 5.95 Å². The summed E-state index contributed by atoms with van der Waals surface area (Å²) in [5.74, 6) is 0.912. The van der Waals surface area contributed by atoms with E-state index in [-0.39, 0.29) is 0 Å². The van der Waals surface area contributed by atoms with E-state index in [1.54, 1.807) is 0 Å². The molecule has 0 atom stereocenters. The van der Waals surface area contributed by atoms with Crippen molar-refractivity contribution in [2.24, 2.45) is 0 Å².